The molecule has 0 bridgehead atoms. The standard InChI is InChI=1S/C20H18N6O.C14H18BNO2.C13H13BrN4O/c1-12-5-13(2)7-16(6-12)20-22-11-26(25-20)10-17(19(21)27)14-3-4-15-9-23-24-18(15)8-14;1-13(2)14(3,4)18-15(17-13)12-6-5-10-8-16-9-11(10)7-12;1-8-3-9(2)5-10(4-8)13-16-7-18(17-13)6-11(14)12(15)19/h3-11H,1-2H3,(H2,21,27)(H,23,24);5-8H,9H2,1-4H3;3-7H,1-2H3,(H2,15,19)/b17-10+;;11-6-. The fourth-order valence-electron chi connectivity index (χ4n) is 7.10. The lowest BCUT2D eigenvalue weighted by molar-refractivity contribution is -0.114. The summed E-state index contributed by atoms with van der Waals surface area (Å²) < 4.78 is 15.3. The summed E-state index contributed by atoms with van der Waals surface area (Å²) in [7, 11) is -0.277. The summed E-state index contributed by atoms with van der Waals surface area (Å²) in [5, 5.41) is 16.6. The van der Waals surface area contributed by atoms with E-state index in [9.17, 15) is 9.59 Å². The fourth-order valence-corrected chi connectivity index (χ4v) is 7.31. The Kier molecular flexibility index (Phi) is 13.1. The van der Waals surface area contributed by atoms with E-state index in [4.69, 9.17) is 20.8 Å². The molecular formula is C47H49BBrN11O4. The van der Waals surface area contributed by atoms with Crippen LogP contribution in [-0.2, 0) is 25.4 Å². The van der Waals surface area contributed by atoms with Gasteiger partial charge in [0.15, 0.2) is 11.6 Å². The van der Waals surface area contributed by atoms with Gasteiger partial charge >= 0.3 is 7.12 Å². The van der Waals surface area contributed by atoms with Crippen LogP contribution >= 0.6 is 15.9 Å². The van der Waals surface area contributed by atoms with Crippen molar-refractivity contribution in [2.75, 3.05) is 0 Å². The average Bonchev–Trinajstić information content (AvgIpc) is 4.08. The molecule has 2 amide bonds. The van der Waals surface area contributed by atoms with E-state index in [0.29, 0.717) is 22.8 Å². The molecule has 2 aliphatic rings. The van der Waals surface area contributed by atoms with E-state index in [-0.39, 0.29) is 22.8 Å². The van der Waals surface area contributed by atoms with Crippen LogP contribution < -0.4 is 16.9 Å². The number of halogens is 1. The molecule has 0 radical (unpaired) electrons. The molecular weight excluding hydrogens is 873 g/mol. The molecule has 9 rings (SSSR count). The Bertz CT molecular complexity index is 2920. The van der Waals surface area contributed by atoms with Gasteiger partial charge in [0, 0.05) is 28.9 Å². The Morgan fingerprint density at radius 2 is 1.31 bits per heavy atom. The van der Waals surface area contributed by atoms with Gasteiger partial charge in [-0.15, -0.1) is 10.2 Å². The van der Waals surface area contributed by atoms with Crippen molar-refractivity contribution in [3.63, 3.8) is 0 Å². The molecule has 5 heterocycles. The van der Waals surface area contributed by atoms with Gasteiger partial charge in [-0.1, -0.05) is 64.7 Å². The van der Waals surface area contributed by atoms with Crippen LogP contribution in [0.25, 0.3) is 51.7 Å². The number of carbonyl (C=O) groups excluding carboxylic acids is 2. The number of aryl methyl sites for hydroxylation is 4. The van der Waals surface area contributed by atoms with Crippen molar-refractivity contribution in [3.05, 3.63) is 135 Å². The van der Waals surface area contributed by atoms with Crippen molar-refractivity contribution in [2.45, 2.75) is 73.1 Å². The fraction of sp³-hybridized carbons (Fsp3) is 0.234. The molecule has 64 heavy (non-hydrogen) atoms. The number of H-pyrrole nitrogens is 1. The maximum Gasteiger partial charge on any atom is 0.494 e. The number of aliphatic imine (C=N–C) groups is 1. The number of amides is 2. The van der Waals surface area contributed by atoms with Crippen molar-refractivity contribution >= 4 is 75.4 Å². The molecule has 3 aromatic heterocycles. The van der Waals surface area contributed by atoms with Crippen LogP contribution in [0.4, 0.5) is 0 Å². The molecule has 2 aliphatic heterocycles. The third kappa shape index (κ3) is 10.5. The summed E-state index contributed by atoms with van der Waals surface area (Å²) in [5.41, 5.74) is 22.0. The lowest BCUT2D eigenvalue weighted by atomic mass is 9.78. The second-order valence-electron chi connectivity index (χ2n) is 16.8. The Morgan fingerprint density at radius 1 is 0.750 bits per heavy atom. The largest absolute Gasteiger partial charge is 0.494 e. The monoisotopic (exact) mass is 921 g/mol. The molecule has 0 spiro atoms. The Labute approximate surface area is 380 Å². The SMILES string of the molecule is CC1(C)OB(c2ccc3c(c2)CN=C3)OC1(C)C.Cc1cc(C)cc(-c2ncn(/C=C(/C(N)=O)c3ccc4cn[nH]c4c3)n2)c1.Cc1cc(C)cc(-c2ncn(/C=C(\Br)C(N)=O)n2)c1. The first-order chi connectivity index (χ1) is 30.3. The van der Waals surface area contributed by atoms with Crippen molar-refractivity contribution < 1.29 is 18.9 Å². The second-order valence-corrected chi connectivity index (χ2v) is 17.6. The number of fused-ring (bicyclic) bond motifs is 2. The highest BCUT2D eigenvalue weighted by Gasteiger charge is 2.51. The zero-order valence-electron chi connectivity index (χ0n) is 36.9. The van der Waals surface area contributed by atoms with Crippen molar-refractivity contribution in [1.82, 2.24) is 39.7 Å². The molecule has 7 aromatic rings. The minimum Gasteiger partial charge on any atom is -0.399 e. The second kappa shape index (κ2) is 18.5. The van der Waals surface area contributed by atoms with E-state index in [1.165, 1.54) is 33.0 Å². The molecule has 15 nitrogen and oxygen atoms in total. The van der Waals surface area contributed by atoms with Gasteiger partial charge in [0.2, 0.25) is 0 Å². The number of primary amides is 2. The van der Waals surface area contributed by atoms with Crippen LogP contribution in [0.2, 0.25) is 0 Å². The normalized spacial score (nSPS) is 15.0. The zero-order chi connectivity index (χ0) is 45.9. The van der Waals surface area contributed by atoms with Crippen LogP contribution in [-0.4, -0.2) is 76.1 Å². The number of rotatable bonds is 8. The number of nitrogens with zero attached hydrogens (tertiary/aromatic N) is 8. The number of benzene rings is 4. The average molecular weight is 923 g/mol. The van der Waals surface area contributed by atoms with Crippen molar-refractivity contribution in [1.29, 1.82) is 0 Å². The summed E-state index contributed by atoms with van der Waals surface area (Å²) in [6.07, 6.45) is 9.78. The quantitative estimate of drug-likeness (QED) is 0.105. The Morgan fingerprint density at radius 3 is 1.86 bits per heavy atom. The first-order valence-electron chi connectivity index (χ1n) is 20.4. The van der Waals surface area contributed by atoms with Crippen LogP contribution in [0.5, 0.6) is 0 Å². The number of aromatic amines is 1. The van der Waals surface area contributed by atoms with E-state index in [1.807, 2.05) is 76.4 Å². The summed E-state index contributed by atoms with van der Waals surface area (Å²) in [6, 6.07) is 24.1. The highest BCUT2D eigenvalue weighted by atomic mass is 79.9. The maximum atomic E-state index is 12.0. The number of carbonyl (C=O) groups is 2. The third-order valence-electron chi connectivity index (χ3n) is 10.9. The lowest BCUT2D eigenvalue weighted by Gasteiger charge is -2.32. The molecule has 4 aromatic carbocycles. The van der Waals surface area contributed by atoms with E-state index in [2.05, 4.69) is 109 Å². The zero-order valence-corrected chi connectivity index (χ0v) is 38.5. The van der Waals surface area contributed by atoms with Gasteiger partial charge in [-0.2, -0.15) is 5.10 Å². The van der Waals surface area contributed by atoms with Crippen molar-refractivity contribution in [2.24, 2.45) is 16.5 Å². The van der Waals surface area contributed by atoms with Gasteiger partial charge < -0.3 is 20.8 Å². The maximum absolute atomic E-state index is 12.0. The van der Waals surface area contributed by atoms with Gasteiger partial charge in [0.05, 0.1) is 41.2 Å². The van der Waals surface area contributed by atoms with Gasteiger partial charge in [0.25, 0.3) is 11.8 Å². The Balaban J connectivity index is 0.000000148. The van der Waals surface area contributed by atoms with E-state index < -0.39 is 11.8 Å². The number of hydrogen-bond acceptors (Lipinski definition) is 10. The number of nitrogens with one attached hydrogen (secondary N) is 1. The van der Waals surface area contributed by atoms with Crippen LogP contribution in [0.1, 0.15) is 66.6 Å². The van der Waals surface area contributed by atoms with E-state index in [0.717, 1.165) is 56.3 Å². The van der Waals surface area contributed by atoms with E-state index in [1.54, 1.807) is 18.7 Å². The summed E-state index contributed by atoms with van der Waals surface area (Å²) >= 11 is 3.07. The first-order valence-corrected chi connectivity index (χ1v) is 21.2. The molecule has 0 aliphatic carbocycles. The van der Waals surface area contributed by atoms with Crippen LogP contribution in [0, 0.1) is 27.7 Å². The molecule has 0 saturated carbocycles. The Hall–Kier alpha value is -6.82. The van der Waals surface area contributed by atoms with Crippen molar-refractivity contribution in [3.8, 4) is 22.8 Å². The van der Waals surface area contributed by atoms with Gasteiger partial charge in [-0.3, -0.25) is 19.7 Å². The van der Waals surface area contributed by atoms with E-state index >= 15 is 0 Å². The highest BCUT2D eigenvalue weighted by molar-refractivity contribution is 9.12. The predicted octanol–water partition coefficient (Wildman–Crippen LogP) is 7.08. The summed E-state index contributed by atoms with van der Waals surface area (Å²) in [5.74, 6) is 0.0967. The molecule has 17 heteroatoms. The number of aromatic nitrogens is 8. The number of hydrogen-bond donors (Lipinski definition) is 3. The smallest absolute Gasteiger partial charge is 0.399 e. The third-order valence-corrected chi connectivity index (χ3v) is 11.5. The molecule has 1 saturated heterocycles. The predicted molar refractivity (Wildman–Crippen MR) is 255 cm³/mol. The highest BCUT2D eigenvalue weighted by Crippen LogP contribution is 2.36. The summed E-state index contributed by atoms with van der Waals surface area (Å²) in [6.45, 7) is 17.2. The molecule has 326 valence electrons. The lowest BCUT2D eigenvalue weighted by Crippen LogP contribution is -2.41. The van der Waals surface area contributed by atoms with Gasteiger partial charge in [0.1, 0.15) is 17.1 Å². The topological polar surface area (TPSA) is 207 Å². The molecule has 0 unspecified atom stereocenters. The molecule has 5 N–H and O–H groups in total. The van der Waals surface area contributed by atoms with Crippen LogP contribution in [0.3, 0.4) is 0 Å². The molecule has 0 atom stereocenters. The first kappa shape index (κ1) is 45.2. The van der Waals surface area contributed by atoms with Crippen LogP contribution in [0.15, 0.2) is 101 Å². The summed E-state index contributed by atoms with van der Waals surface area (Å²) in [4.78, 5) is 35.8. The minimum atomic E-state index is -0.552. The van der Waals surface area contributed by atoms with Gasteiger partial charge in [-0.25, -0.2) is 19.3 Å². The van der Waals surface area contributed by atoms with Gasteiger partial charge in [-0.05, 0) is 124 Å². The minimum absolute atomic E-state index is 0.240. The number of nitrogens with two attached hydrogens (primary N) is 2. The molecule has 1 fully saturated rings.